The van der Waals surface area contributed by atoms with E-state index in [2.05, 4.69) is 11.3 Å². The molecule has 1 unspecified atom stereocenters. The van der Waals surface area contributed by atoms with Crippen molar-refractivity contribution >= 4 is 11.8 Å². The highest BCUT2D eigenvalue weighted by Crippen LogP contribution is 2.12. The van der Waals surface area contributed by atoms with Gasteiger partial charge < -0.3 is 4.74 Å². The van der Waals surface area contributed by atoms with Gasteiger partial charge in [-0.3, -0.25) is 9.59 Å². The molecule has 0 heterocycles. The minimum atomic E-state index is -3.02. The number of Topliss-reactive ketones (excluding diaryl/α,β-unsaturated/α-hetero) is 1. The van der Waals surface area contributed by atoms with Crippen LogP contribution < -0.4 is 0 Å². The van der Waals surface area contributed by atoms with E-state index in [0.717, 1.165) is 6.92 Å². The summed E-state index contributed by atoms with van der Waals surface area (Å²) in [5, 5.41) is 0. The molecule has 0 aliphatic carbocycles. The number of hydrogen-bond acceptors (Lipinski definition) is 3. The van der Waals surface area contributed by atoms with Crippen LogP contribution in [-0.2, 0) is 14.3 Å². The second-order valence-electron chi connectivity index (χ2n) is 2.34. The maximum Gasteiger partial charge on any atom is 0.322 e. The molecular weight excluding hydrogens is 182 g/mol. The van der Waals surface area contributed by atoms with Gasteiger partial charge in [0.05, 0.1) is 0 Å². The van der Waals surface area contributed by atoms with E-state index in [0.29, 0.717) is 0 Å². The molecule has 0 aromatic heterocycles. The van der Waals surface area contributed by atoms with E-state index in [1.54, 1.807) is 0 Å². The highest BCUT2D eigenvalue weighted by molar-refractivity contribution is 5.98. The van der Waals surface area contributed by atoms with Crippen LogP contribution >= 0.6 is 0 Å². The van der Waals surface area contributed by atoms with Crippen LogP contribution in [-0.4, -0.2) is 24.8 Å². The molecule has 1 atom stereocenters. The lowest BCUT2D eigenvalue weighted by molar-refractivity contribution is -0.156. The molecule has 0 aliphatic rings. The van der Waals surface area contributed by atoms with Crippen molar-refractivity contribution in [1.82, 2.24) is 0 Å². The summed E-state index contributed by atoms with van der Waals surface area (Å²) in [7, 11) is 0. The Morgan fingerprint density at radius 2 is 2.08 bits per heavy atom. The van der Waals surface area contributed by atoms with Gasteiger partial charge in [0, 0.05) is 0 Å². The summed E-state index contributed by atoms with van der Waals surface area (Å²) in [5.74, 6) is -4.08. The lowest BCUT2D eigenvalue weighted by Gasteiger charge is -2.10. The van der Waals surface area contributed by atoms with Crippen molar-refractivity contribution in [2.75, 3.05) is 6.61 Å². The largest absolute Gasteiger partial charge is 0.461 e. The Labute approximate surface area is 74.4 Å². The summed E-state index contributed by atoms with van der Waals surface area (Å²) < 4.78 is 28.5. The maximum atomic E-state index is 12.1. The number of rotatable bonds is 5. The summed E-state index contributed by atoms with van der Waals surface area (Å²) in [5.41, 5.74) is 0. The Kier molecular flexibility index (Phi) is 4.87. The van der Waals surface area contributed by atoms with Crippen molar-refractivity contribution in [2.45, 2.75) is 13.3 Å². The van der Waals surface area contributed by atoms with Crippen LogP contribution in [0.15, 0.2) is 12.7 Å². The Hall–Kier alpha value is -1.26. The van der Waals surface area contributed by atoms with Crippen LogP contribution in [0.4, 0.5) is 8.78 Å². The summed E-state index contributed by atoms with van der Waals surface area (Å²) in [6, 6.07) is 0. The molecule has 0 N–H and O–H groups in total. The number of carbonyl (C=O) groups is 2. The monoisotopic (exact) mass is 192 g/mol. The Morgan fingerprint density at radius 3 is 2.38 bits per heavy atom. The van der Waals surface area contributed by atoms with E-state index in [9.17, 15) is 18.4 Å². The fourth-order valence-corrected chi connectivity index (χ4v) is 0.677. The Morgan fingerprint density at radius 1 is 1.54 bits per heavy atom. The van der Waals surface area contributed by atoms with E-state index in [1.165, 1.54) is 6.08 Å². The Bertz CT molecular complexity index is 213. The number of alkyl halides is 2. The standard InChI is InChI=1S/C8H10F2O3/c1-3-4-13-8(12)6(5(2)11)7(9)10/h3,6-7H,1,4H2,2H3. The average Bonchev–Trinajstić information content (AvgIpc) is 1.99. The summed E-state index contributed by atoms with van der Waals surface area (Å²) in [4.78, 5) is 21.4. The molecule has 3 nitrogen and oxygen atoms in total. The number of esters is 1. The molecule has 0 spiro atoms. The predicted octanol–water partition coefficient (Wildman–Crippen LogP) is 1.19. The van der Waals surface area contributed by atoms with Gasteiger partial charge in [0.1, 0.15) is 12.4 Å². The molecular formula is C8H10F2O3. The predicted molar refractivity (Wildman–Crippen MR) is 41.3 cm³/mol. The third-order valence-corrected chi connectivity index (χ3v) is 1.29. The van der Waals surface area contributed by atoms with Gasteiger partial charge in [0.2, 0.25) is 0 Å². The van der Waals surface area contributed by atoms with Gasteiger partial charge in [-0.2, -0.15) is 0 Å². The zero-order valence-corrected chi connectivity index (χ0v) is 7.13. The molecule has 0 fully saturated rings. The first-order valence-corrected chi connectivity index (χ1v) is 3.56. The van der Waals surface area contributed by atoms with Crippen molar-refractivity contribution in [1.29, 1.82) is 0 Å². The number of halogens is 2. The molecule has 0 saturated heterocycles. The van der Waals surface area contributed by atoms with Crippen molar-refractivity contribution in [3.8, 4) is 0 Å². The lowest BCUT2D eigenvalue weighted by atomic mass is 10.1. The maximum absolute atomic E-state index is 12.1. The molecule has 0 radical (unpaired) electrons. The quantitative estimate of drug-likeness (QED) is 0.373. The van der Waals surface area contributed by atoms with E-state index >= 15 is 0 Å². The van der Waals surface area contributed by atoms with Crippen LogP contribution in [0.25, 0.3) is 0 Å². The smallest absolute Gasteiger partial charge is 0.322 e. The average molecular weight is 192 g/mol. The summed E-state index contributed by atoms with van der Waals surface area (Å²) >= 11 is 0. The highest BCUT2D eigenvalue weighted by atomic mass is 19.3. The second kappa shape index (κ2) is 5.40. The molecule has 0 amide bonds. The fourth-order valence-electron chi connectivity index (χ4n) is 0.677. The summed E-state index contributed by atoms with van der Waals surface area (Å²) in [6.45, 7) is 3.98. The van der Waals surface area contributed by atoms with Crippen molar-refractivity contribution in [3.63, 3.8) is 0 Å². The molecule has 0 rings (SSSR count). The second-order valence-corrected chi connectivity index (χ2v) is 2.34. The van der Waals surface area contributed by atoms with Crippen LogP contribution in [0, 0.1) is 5.92 Å². The normalized spacial score (nSPS) is 12.3. The molecule has 0 aliphatic heterocycles. The van der Waals surface area contributed by atoms with Gasteiger partial charge in [-0.05, 0) is 6.92 Å². The first-order chi connectivity index (χ1) is 6.00. The van der Waals surface area contributed by atoms with Gasteiger partial charge in [-0.1, -0.05) is 12.7 Å². The van der Waals surface area contributed by atoms with Crippen molar-refractivity contribution < 1.29 is 23.1 Å². The number of hydrogen-bond donors (Lipinski definition) is 0. The van der Waals surface area contributed by atoms with Crippen LogP contribution in [0.5, 0.6) is 0 Å². The molecule has 0 bridgehead atoms. The molecule has 0 aromatic carbocycles. The topological polar surface area (TPSA) is 43.4 Å². The van der Waals surface area contributed by atoms with Gasteiger partial charge in [-0.25, -0.2) is 8.78 Å². The third kappa shape index (κ3) is 3.78. The molecule has 0 saturated carbocycles. The van der Waals surface area contributed by atoms with E-state index in [-0.39, 0.29) is 6.61 Å². The first-order valence-electron chi connectivity index (χ1n) is 3.56. The number of ether oxygens (including phenoxy) is 1. The van der Waals surface area contributed by atoms with Gasteiger partial charge >= 0.3 is 5.97 Å². The SMILES string of the molecule is C=CCOC(=O)C(C(C)=O)C(F)F. The lowest BCUT2D eigenvalue weighted by Crippen LogP contribution is -2.30. The highest BCUT2D eigenvalue weighted by Gasteiger charge is 2.33. The van der Waals surface area contributed by atoms with Crippen LogP contribution in [0.1, 0.15) is 6.92 Å². The van der Waals surface area contributed by atoms with Gasteiger partial charge in [0.25, 0.3) is 6.43 Å². The van der Waals surface area contributed by atoms with Gasteiger partial charge in [0.15, 0.2) is 5.92 Å². The number of carbonyl (C=O) groups excluding carboxylic acids is 2. The van der Waals surface area contributed by atoms with E-state index in [1.807, 2.05) is 0 Å². The summed E-state index contributed by atoms with van der Waals surface area (Å²) in [6.07, 6.45) is -1.78. The van der Waals surface area contributed by atoms with E-state index in [4.69, 9.17) is 0 Å². The first kappa shape index (κ1) is 11.7. The number of ketones is 1. The Balaban J connectivity index is 4.29. The zero-order valence-electron chi connectivity index (χ0n) is 7.13. The van der Waals surface area contributed by atoms with Crippen LogP contribution in [0.3, 0.4) is 0 Å². The third-order valence-electron chi connectivity index (χ3n) is 1.29. The molecule has 74 valence electrons. The van der Waals surface area contributed by atoms with Crippen molar-refractivity contribution in [2.24, 2.45) is 5.92 Å². The minimum Gasteiger partial charge on any atom is -0.461 e. The van der Waals surface area contributed by atoms with Crippen molar-refractivity contribution in [3.05, 3.63) is 12.7 Å². The zero-order chi connectivity index (χ0) is 10.4. The molecule has 13 heavy (non-hydrogen) atoms. The fraction of sp³-hybridized carbons (Fsp3) is 0.500. The van der Waals surface area contributed by atoms with E-state index < -0.39 is 24.1 Å². The molecule has 0 aromatic rings. The van der Waals surface area contributed by atoms with Crippen LogP contribution in [0.2, 0.25) is 0 Å². The minimum absolute atomic E-state index is 0.171. The molecule has 5 heteroatoms. The van der Waals surface area contributed by atoms with Gasteiger partial charge in [-0.15, -0.1) is 0 Å².